The number of aromatic amines is 1. The molecule has 2 aromatic rings. The summed E-state index contributed by atoms with van der Waals surface area (Å²) in [5, 5.41) is 10.6. The van der Waals surface area contributed by atoms with Crippen molar-refractivity contribution < 1.29 is 0 Å². The van der Waals surface area contributed by atoms with Gasteiger partial charge < -0.3 is 5.32 Å². The Morgan fingerprint density at radius 1 is 1.25 bits per heavy atom. The summed E-state index contributed by atoms with van der Waals surface area (Å²) in [5.74, 6) is 0. The average Bonchev–Trinajstić information content (AvgIpc) is 2.89. The lowest BCUT2D eigenvalue weighted by molar-refractivity contribution is 0.571. The maximum Gasteiger partial charge on any atom is 0.0535 e. The van der Waals surface area contributed by atoms with E-state index in [1.165, 1.54) is 36.8 Å². The summed E-state index contributed by atoms with van der Waals surface area (Å²) in [6.45, 7) is 5.16. The molecule has 0 spiro atoms. The molecule has 1 aliphatic rings. The van der Waals surface area contributed by atoms with Gasteiger partial charge in [0.2, 0.25) is 0 Å². The Balaban J connectivity index is 1.67. The fourth-order valence-corrected chi connectivity index (χ4v) is 2.96. The summed E-state index contributed by atoms with van der Waals surface area (Å²) in [6.07, 6.45) is 7.09. The van der Waals surface area contributed by atoms with Crippen LogP contribution in [0.5, 0.6) is 0 Å². The van der Waals surface area contributed by atoms with Crippen LogP contribution in [0, 0.1) is 6.92 Å². The van der Waals surface area contributed by atoms with E-state index < -0.39 is 0 Å². The lowest BCUT2D eigenvalue weighted by atomic mass is 9.89. The van der Waals surface area contributed by atoms with E-state index in [-0.39, 0.29) is 0 Å². The van der Waals surface area contributed by atoms with Gasteiger partial charge in [-0.1, -0.05) is 18.2 Å². The van der Waals surface area contributed by atoms with Crippen molar-refractivity contribution in [2.45, 2.75) is 52.1 Å². The van der Waals surface area contributed by atoms with E-state index in [2.05, 4.69) is 47.6 Å². The quantitative estimate of drug-likeness (QED) is 0.892. The normalized spacial score (nSPS) is 15.9. The van der Waals surface area contributed by atoms with E-state index >= 15 is 0 Å². The largest absolute Gasteiger partial charge is 0.306 e. The molecule has 106 valence electrons. The third kappa shape index (κ3) is 2.78. The number of hydrogen-bond donors (Lipinski definition) is 2. The number of aromatic nitrogens is 2. The Bertz CT molecular complexity index is 586. The van der Waals surface area contributed by atoms with Gasteiger partial charge in [-0.05, 0) is 56.2 Å². The topological polar surface area (TPSA) is 40.7 Å². The fraction of sp³-hybridized carbons (Fsp3) is 0.471. The molecule has 20 heavy (non-hydrogen) atoms. The van der Waals surface area contributed by atoms with Crippen molar-refractivity contribution in [2.24, 2.45) is 0 Å². The predicted molar refractivity (Wildman–Crippen MR) is 81.7 cm³/mol. The van der Waals surface area contributed by atoms with Crippen molar-refractivity contribution in [3.8, 4) is 0 Å². The van der Waals surface area contributed by atoms with Crippen LogP contribution < -0.4 is 5.32 Å². The molecule has 1 aromatic carbocycles. The van der Waals surface area contributed by atoms with E-state index in [1.807, 2.05) is 6.20 Å². The van der Waals surface area contributed by atoms with E-state index in [9.17, 15) is 0 Å². The Labute approximate surface area is 120 Å². The second-order valence-electron chi connectivity index (χ2n) is 5.86. The predicted octanol–water partition coefficient (Wildman–Crippen LogP) is 3.45. The van der Waals surface area contributed by atoms with Gasteiger partial charge in [-0.25, -0.2) is 0 Å². The van der Waals surface area contributed by atoms with Crippen LogP contribution in [-0.4, -0.2) is 10.2 Å². The Morgan fingerprint density at radius 3 is 2.80 bits per heavy atom. The SMILES string of the molecule is Cc1[nH]ncc1CNC(C)c1ccc2c(c1)CCCC2. The average molecular weight is 269 g/mol. The molecule has 2 N–H and O–H groups in total. The van der Waals surface area contributed by atoms with Crippen molar-refractivity contribution in [1.82, 2.24) is 15.5 Å². The van der Waals surface area contributed by atoms with Gasteiger partial charge in [0.1, 0.15) is 0 Å². The molecule has 3 nitrogen and oxygen atoms in total. The Hall–Kier alpha value is -1.61. The summed E-state index contributed by atoms with van der Waals surface area (Å²) in [6, 6.07) is 7.38. The van der Waals surface area contributed by atoms with Crippen LogP contribution in [-0.2, 0) is 19.4 Å². The zero-order chi connectivity index (χ0) is 13.9. The summed E-state index contributed by atoms with van der Waals surface area (Å²) >= 11 is 0. The maximum atomic E-state index is 4.07. The van der Waals surface area contributed by atoms with E-state index in [1.54, 1.807) is 11.1 Å². The number of nitrogens with zero attached hydrogens (tertiary/aromatic N) is 1. The number of nitrogens with one attached hydrogen (secondary N) is 2. The van der Waals surface area contributed by atoms with Crippen LogP contribution in [0.3, 0.4) is 0 Å². The minimum Gasteiger partial charge on any atom is -0.306 e. The van der Waals surface area contributed by atoms with E-state index in [0.717, 1.165) is 12.2 Å². The van der Waals surface area contributed by atoms with Gasteiger partial charge >= 0.3 is 0 Å². The number of hydrogen-bond acceptors (Lipinski definition) is 2. The van der Waals surface area contributed by atoms with Gasteiger partial charge in [-0.2, -0.15) is 5.10 Å². The number of H-pyrrole nitrogens is 1. The molecule has 0 bridgehead atoms. The highest BCUT2D eigenvalue weighted by molar-refractivity contribution is 5.35. The van der Waals surface area contributed by atoms with Crippen LogP contribution >= 0.6 is 0 Å². The van der Waals surface area contributed by atoms with Crippen molar-refractivity contribution in [3.63, 3.8) is 0 Å². The molecule has 1 heterocycles. The van der Waals surface area contributed by atoms with Crippen molar-refractivity contribution >= 4 is 0 Å². The number of rotatable bonds is 4. The van der Waals surface area contributed by atoms with Gasteiger partial charge in [0, 0.05) is 23.8 Å². The van der Waals surface area contributed by atoms with Gasteiger partial charge in [0.15, 0.2) is 0 Å². The standard InChI is InChI=1S/C17H23N3/c1-12(18-10-17-11-19-20-13(17)2)15-8-7-14-5-3-4-6-16(14)9-15/h7-9,11-12,18H,3-6,10H2,1-2H3,(H,19,20). The summed E-state index contributed by atoms with van der Waals surface area (Å²) in [7, 11) is 0. The third-order valence-electron chi connectivity index (χ3n) is 4.41. The van der Waals surface area contributed by atoms with Crippen molar-refractivity contribution in [3.05, 3.63) is 52.3 Å². The molecule has 3 rings (SSSR count). The first-order chi connectivity index (χ1) is 9.74. The molecule has 0 radical (unpaired) electrons. The van der Waals surface area contributed by atoms with Crippen LogP contribution in [0.4, 0.5) is 0 Å². The van der Waals surface area contributed by atoms with E-state index in [4.69, 9.17) is 0 Å². The number of aryl methyl sites for hydroxylation is 3. The number of fused-ring (bicyclic) bond motifs is 1. The Kier molecular flexibility index (Phi) is 3.88. The zero-order valence-electron chi connectivity index (χ0n) is 12.4. The molecule has 1 aromatic heterocycles. The van der Waals surface area contributed by atoms with Gasteiger partial charge in [-0.3, -0.25) is 5.10 Å². The highest BCUT2D eigenvalue weighted by Gasteiger charge is 2.12. The highest BCUT2D eigenvalue weighted by atomic mass is 15.1. The molecule has 0 amide bonds. The first-order valence-corrected chi connectivity index (χ1v) is 7.58. The molecule has 1 unspecified atom stereocenters. The van der Waals surface area contributed by atoms with Crippen LogP contribution in [0.15, 0.2) is 24.4 Å². The van der Waals surface area contributed by atoms with Crippen LogP contribution in [0.25, 0.3) is 0 Å². The molecule has 0 saturated carbocycles. The Morgan fingerprint density at radius 2 is 2.05 bits per heavy atom. The molecule has 0 aliphatic heterocycles. The maximum absolute atomic E-state index is 4.07. The summed E-state index contributed by atoms with van der Waals surface area (Å²) in [5.41, 5.74) is 6.90. The smallest absolute Gasteiger partial charge is 0.0535 e. The molecule has 1 atom stereocenters. The summed E-state index contributed by atoms with van der Waals surface area (Å²) < 4.78 is 0. The van der Waals surface area contributed by atoms with E-state index in [0.29, 0.717) is 6.04 Å². The second-order valence-corrected chi connectivity index (χ2v) is 5.86. The molecule has 0 saturated heterocycles. The minimum atomic E-state index is 0.372. The van der Waals surface area contributed by atoms with Gasteiger partial charge in [0.25, 0.3) is 0 Å². The molecular weight excluding hydrogens is 246 g/mol. The van der Waals surface area contributed by atoms with Crippen LogP contribution in [0.1, 0.15) is 53.8 Å². The number of benzene rings is 1. The molecular formula is C17H23N3. The second kappa shape index (κ2) is 5.80. The molecule has 3 heteroatoms. The van der Waals surface area contributed by atoms with Crippen LogP contribution in [0.2, 0.25) is 0 Å². The minimum absolute atomic E-state index is 0.372. The lowest BCUT2D eigenvalue weighted by Gasteiger charge is -2.20. The molecule has 1 aliphatic carbocycles. The van der Waals surface area contributed by atoms with Gasteiger partial charge in [-0.15, -0.1) is 0 Å². The highest BCUT2D eigenvalue weighted by Crippen LogP contribution is 2.24. The first kappa shape index (κ1) is 13.4. The monoisotopic (exact) mass is 269 g/mol. The van der Waals surface area contributed by atoms with Crippen molar-refractivity contribution in [1.29, 1.82) is 0 Å². The first-order valence-electron chi connectivity index (χ1n) is 7.58. The zero-order valence-corrected chi connectivity index (χ0v) is 12.4. The molecule has 0 fully saturated rings. The van der Waals surface area contributed by atoms with Crippen molar-refractivity contribution in [2.75, 3.05) is 0 Å². The fourth-order valence-electron chi connectivity index (χ4n) is 2.96. The summed E-state index contributed by atoms with van der Waals surface area (Å²) in [4.78, 5) is 0. The van der Waals surface area contributed by atoms with Gasteiger partial charge in [0.05, 0.1) is 6.20 Å². The lowest BCUT2D eigenvalue weighted by Crippen LogP contribution is -2.19. The third-order valence-corrected chi connectivity index (χ3v) is 4.41.